The molecule has 0 unspecified atom stereocenters. The Morgan fingerprint density at radius 1 is 0.636 bits per heavy atom. The van der Waals surface area contributed by atoms with Gasteiger partial charge in [-0.2, -0.15) is 0 Å². The van der Waals surface area contributed by atoms with Crippen LogP contribution >= 0.6 is 0 Å². The fraction of sp³-hybridized carbons (Fsp3) is 0.368. The van der Waals surface area contributed by atoms with Crippen molar-refractivity contribution in [1.29, 1.82) is 0 Å². The molecule has 0 aromatic heterocycles. The van der Waals surface area contributed by atoms with E-state index in [1.165, 1.54) is 0 Å². The van der Waals surface area contributed by atoms with E-state index in [2.05, 4.69) is 0 Å². The lowest BCUT2D eigenvalue weighted by atomic mass is 10.0. The molecule has 0 spiro atoms. The van der Waals surface area contributed by atoms with Crippen LogP contribution in [0, 0.1) is 48.5 Å². The molecule has 3 heteroatoms. The van der Waals surface area contributed by atoms with E-state index in [1.807, 2.05) is 60.6 Å². The minimum absolute atomic E-state index is 0.421. The maximum absolute atomic E-state index is 13.2. The minimum Gasteiger partial charge on any atom is -0.218 e. The molecular weight excluding hydrogens is 292 g/mol. The van der Waals surface area contributed by atoms with Crippen molar-refractivity contribution < 1.29 is 8.42 Å². The van der Waals surface area contributed by atoms with Crippen LogP contribution in [-0.2, 0) is 9.84 Å². The van der Waals surface area contributed by atoms with Gasteiger partial charge in [-0.1, -0.05) is 12.1 Å². The van der Waals surface area contributed by atoms with Gasteiger partial charge in [0.05, 0.1) is 9.79 Å². The van der Waals surface area contributed by atoms with Crippen molar-refractivity contribution in [3.8, 4) is 0 Å². The summed E-state index contributed by atoms with van der Waals surface area (Å²) in [6.07, 6.45) is 0. The number of hydrogen-bond acceptors (Lipinski definition) is 2. The lowest BCUT2D eigenvalue weighted by molar-refractivity contribution is 0.594. The zero-order chi connectivity index (χ0) is 16.8. The van der Waals surface area contributed by atoms with Crippen LogP contribution in [0.4, 0.5) is 0 Å². The molecule has 2 rings (SSSR count). The number of rotatable bonds is 2. The van der Waals surface area contributed by atoms with E-state index in [4.69, 9.17) is 0 Å². The van der Waals surface area contributed by atoms with E-state index >= 15 is 0 Å². The van der Waals surface area contributed by atoms with Crippen LogP contribution in [0.3, 0.4) is 0 Å². The second kappa shape index (κ2) is 5.54. The van der Waals surface area contributed by atoms with Crippen molar-refractivity contribution in [3.63, 3.8) is 0 Å². The van der Waals surface area contributed by atoms with Crippen molar-refractivity contribution >= 4 is 9.84 Å². The number of sulfone groups is 1. The van der Waals surface area contributed by atoms with Crippen molar-refractivity contribution in [2.24, 2.45) is 0 Å². The molecule has 2 aromatic rings. The van der Waals surface area contributed by atoms with Crippen molar-refractivity contribution in [1.82, 2.24) is 0 Å². The van der Waals surface area contributed by atoms with Crippen LogP contribution in [0.15, 0.2) is 28.0 Å². The van der Waals surface area contributed by atoms with E-state index in [-0.39, 0.29) is 0 Å². The molecule has 0 aliphatic carbocycles. The monoisotopic (exact) mass is 316 g/mol. The maximum Gasteiger partial charge on any atom is 0.207 e. The van der Waals surface area contributed by atoms with Gasteiger partial charge < -0.3 is 0 Å². The third-order valence-electron chi connectivity index (χ3n) is 4.85. The zero-order valence-electron chi connectivity index (χ0n) is 14.5. The van der Waals surface area contributed by atoms with E-state index in [0.29, 0.717) is 9.79 Å². The maximum atomic E-state index is 13.2. The molecule has 22 heavy (non-hydrogen) atoms. The molecule has 0 saturated carbocycles. The molecular formula is C19H24O2S. The Balaban J connectivity index is 2.83. The van der Waals surface area contributed by atoms with Crippen molar-refractivity contribution in [2.45, 2.75) is 58.3 Å². The first-order valence-corrected chi connectivity index (χ1v) is 8.96. The highest BCUT2D eigenvalue weighted by Gasteiger charge is 2.26. The minimum atomic E-state index is -3.51. The van der Waals surface area contributed by atoms with Gasteiger partial charge in [-0.05, 0) is 93.5 Å². The molecule has 0 heterocycles. The summed E-state index contributed by atoms with van der Waals surface area (Å²) >= 11 is 0. The third-order valence-corrected chi connectivity index (χ3v) is 7.04. The number of aryl methyl sites for hydroxylation is 3. The Morgan fingerprint density at radius 3 is 1.77 bits per heavy atom. The molecule has 0 fully saturated rings. The highest BCUT2D eigenvalue weighted by molar-refractivity contribution is 7.91. The Bertz CT molecular complexity index is 860. The van der Waals surface area contributed by atoms with Crippen LogP contribution in [-0.4, -0.2) is 8.42 Å². The topological polar surface area (TPSA) is 34.1 Å². The second-order valence-electron chi connectivity index (χ2n) is 6.22. The average molecular weight is 316 g/mol. The normalized spacial score (nSPS) is 11.8. The molecule has 118 valence electrons. The zero-order valence-corrected chi connectivity index (χ0v) is 15.3. The highest BCUT2D eigenvalue weighted by atomic mass is 32.2. The molecule has 0 saturated heterocycles. The molecule has 0 atom stereocenters. The molecule has 0 amide bonds. The van der Waals surface area contributed by atoms with Gasteiger partial charge in [0.15, 0.2) is 0 Å². The van der Waals surface area contributed by atoms with E-state index < -0.39 is 9.84 Å². The number of hydrogen-bond donors (Lipinski definition) is 0. The van der Waals surface area contributed by atoms with Crippen LogP contribution in [0.25, 0.3) is 0 Å². The summed E-state index contributed by atoms with van der Waals surface area (Å²) < 4.78 is 26.4. The van der Waals surface area contributed by atoms with Gasteiger partial charge in [-0.15, -0.1) is 0 Å². The summed E-state index contributed by atoms with van der Waals surface area (Å²) in [4.78, 5) is 0.881. The molecule has 0 aliphatic rings. The molecule has 2 nitrogen and oxygen atoms in total. The smallest absolute Gasteiger partial charge is 0.207 e. The summed E-state index contributed by atoms with van der Waals surface area (Å²) in [5, 5.41) is 0. The Morgan fingerprint density at radius 2 is 1.18 bits per heavy atom. The largest absolute Gasteiger partial charge is 0.218 e. The lowest BCUT2D eigenvalue weighted by Crippen LogP contribution is -2.11. The van der Waals surface area contributed by atoms with E-state index in [0.717, 1.165) is 38.9 Å². The van der Waals surface area contributed by atoms with Crippen LogP contribution in [0.2, 0.25) is 0 Å². The summed E-state index contributed by atoms with van der Waals surface area (Å²) in [6.45, 7) is 13.7. The van der Waals surface area contributed by atoms with Crippen LogP contribution < -0.4 is 0 Å². The van der Waals surface area contributed by atoms with Crippen molar-refractivity contribution in [3.05, 3.63) is 57.1 Å². The first-order chi connectivity index (χ1) is 10.1. The quantitative estimate of drug-likeness (QED) is 0.806. The fourth-order valence-corrected chi connectivity index (χ4v) is 5.07. The highest BCUT2D eigenvalue weighted by Crippen LogP contribution is 2.33. The molecule has 0 aliphatic heterocycles. The van der Waals surface area contributed by atoms with Crippen molar-refractivity contribution in [2.75, 3.05) is 0 Å². The summed E-state index contributed by atoms with van der Waals surface area (Å²) in [5.74, 6) is 0. The SMILES string of the molecule is Cc1ccc(S(=O)(=O)c2c(C)cc(C)c(C)c2C)c(C)c1C. The molecule has 2 aromatic carbocycles. The fourth-order valence-electron chi connectivity index (χ4n) is 3.01. The van der Waals surface area contributed by atoms with Gasteiger partial charge >= 0.3 is 0 Å². The molecule has 0 bridgehead atoms. The van der Waals surface area contributed by atoms with Crippen LogP contribution in [0.1, 0.15) is 38.9 Å². The van der Waals surface area contributed by atoms with Gasteiger partial charge in [-0.25, -0.2) is 8.42 Å². The third kappa shape index (κ3) is 2.48. The summed E-state index contributed by atoms with van der Waals surface area (Å²) in [7, 11) is -3.51. The lowest BCUT2D eigenvalue weighted by Gasteiger charge is -2.18. The van der Waals surface area contributed by atoms with Gasteiger partial charge in [0.1, 0.15) is 0 Å². The first kappa shape index (κ1) is 16.8. The first-order valence-electron chi connectivity index (χ1n) is 7.48. The second-order valence-corrected chi connectivity index (χ2v) is 8.08. The summed E-state index contributed by atoms with van der Waals surface area (Å²) in [5.41, 5.74) is 6.85. The molecule has 0 radical (unpaired) electrons. The van der Waals surface area contributed by atoms with Gasteiger partial charge in [0.2, 0.25) is 9.84 Å². The Labute approximate surface area is 134 Å². The number of benzene rings is 2. The average Bonchev–Trinajstić information content (AvgIpc) is 2.41. The molecule has 0 N–H and O–H groups in total. The Hall–Kier alpha value is -1.61. The Kier molecular flexibility index (Phi) is 4.22. The predicted octanol–water partition coefficient (Wildman–Crippen LogP) is 4.68. The summed E-state index contributed by atoms with van der Waals surface area (Å²) in [6, 6.07) is 5.59. The van der Waals surface area contributed by atoms with E-state index in [9.17, 15) is 8.42 Å². The van der Waals surface area contributed by atoms with Gasteiger partial charge in [0, 0.05) is 0 Å². The predicted molar refractivity (Wildman–Crippen MR) is 91.5 cm³/mol. The van der Waals surface area contributed by atoms with Gasteiger partial charge in [-0.3, -0.25) is 0 Å². The van der Waals surface area contributed by atoms with Crippen LogP contribution in [0.5, 0.6) is 0 Å². The van der Waals surface area contributed by atoms with Gasteiger partial charge in [0.25, 0.3) is 0 Å². The standard InChI is InChI=1S/C19H24O2S/c1-11-8-9-18(16(6)14(11)4)22(20,21)19-13(3)10-12(2)15(5)17(19)7/h8-10H,1-7H3. The van der Waals surface area contributed by atoms with E-state index in [1.54, 1.807) is 6.07 Å².